The Kier molecular flexibility index (Phi) is 7.36. The van der Waals surface area contributed by atoms with E-state index < -0.39 is 6.04 Å². The van der Waals surface area contributed by atoms with Crippen molar-refractivity contribution in [2.45, 2.75) is 19.4 Å². The van der Waals surface area contributed by atoms with E-state index in [4.69, 9.17) is 27.9 Å². The minimum absolute atomic E-state index is 0.0796. The Morgan fingerprint density at radius 2 is 1.72 bits per heavy atom. The van der Waals surface area contributed by atoms with Crippen LogP contribution in [0, 0.1) is 0 Å². The summed E-state index contributed by atoms with van der Waals surface area (Å²) in [6.45, 7) is 4.18. The molecule has 1 saturated heterocycles. The van der Waals surface area contributed by atoms with E-state index in [0.29, 0.717) is 28.9 Å². The summed E-state index contributed by atoms with van der Waals surface area (Å²) in [5, 5.41) is 6.90. The summed E-state index contributed by atoms with van der Waals surface area (Å²) < 4.78 is 5.41. The van der Waals surface area contributed by atoms with E-state index in [2.05, 4.69) is 15.5 Å². The Morgan fingerprint density at radius 3 is 2.38 bits per heavy atom. The van der Waals surface area contributed by atoms with Gasteiger partial charge in [0, 0.05) is 30.1 Å². The predicted molar refractivity (Wildman–Crippen MR) is 116 cm³/mol. The van der Waals surface area contributed by atoms with E-state index >= 15 is 0 Å². The zero-order chi connectivity index (χ0) is 20.8. The lowest BCUT2D eigenvalue weighted by atomic mass is 10.0. The molecule has 2 aromatic rings. The molecular weight excluding hydrogens is 413 g/mol. The Morgan fingerprint density at radius 1 is 1.07 bits per heavy atom. The van der Waals surface area contributed by atoms with E-state index in [1.54, 1.807) is 36.4 Å². The number of carbonyl (C=O) groups is 2. The van der Waals surface area contributed by atoms with Crippen molar-refractivity contribution in [2.24, 2.45) is 0 Å². The molecule has 1 atom stereocenters. The molecular formula is C21H23Cl2N3O3. The summed E-state index contributed by atoms with van der Waals surface area (Å²) in [5.74, 6) is -0.440. The van der Waals surface area contributed by atoms with Gasteiger partial charge in [-0.15, -0.1) is 0 Å². The van der Waals surface area contributed by atoms with Gasteiger partial charge >= 0.3 is 0 Å². The summed E-state index contributed by atoms with van der Waals surface area (Å²) in [5.41, 5.74) is 2.34. The first kappa shape index (κ1) is 21.4. The van der Waals surface area contributed by atoms with Gasteiger partial charge in [0.05, 0.1) is 37.1 Å². The molecule has 0 spiro atoms. The fraction of sp³-hybridized carbons (Fsp3) is 0.333. The van der Waals surface area contributed by atoms with Crippen LogP contribution in [0.15, 0.2) is 42.5 Å². The van der Waals surface area contributed by atoms with Gasteiger partial charge in [-0.25, -0.2) is 0 Å². The zero-order valence-electron chi connectivity index (χ0n) is 16.1. The Bertz CT molecular complexity index is 868. The number of hydrogen-bond donors (Lipinski definition) is 2. The third-order valence-electron chi connectivity index (χ3n) is 4.62. The summed E-state index contributed by atoms with van der Waals surface area (Å²) in [7, 11) is 0. The molecule has 6 nitrogen and oxygen atoms in total. The highest BCUT2D eigenvalue weighted by Crippen LogP contribution is 2.30. The Hall–Kier alpha value is -2.28. The molecule has 2 aromatic carbocycles. The van der Waals surface area contributed by atoms with E-state index in [-0.39, 0.29) is 18.2 Å². The van der Waals surface area contributed by atoms with Crippen molar-refractivity contribution in [3.8, 4) is 0 Å². The van der Waals surface area contributed by atoms with Crippen molar-refractivity contribution in [3.63, 3.8) is 0 Å². The summed E-state index contributed by atoms with van der Waals surface area (Å²) in [6.07, 6.45) is 0.0796. The third kappa shape index (κ3) is 6.10. The van der Waals surface area contributed by atoms with Gasteiger partial charge in [0.1, 0.15) is 0 Å². The largest absolute Gasteiger partial charge is 0.378 e. The highest BCUT2D eigenvalue weighted by Gasteiger charge is 2.20. The molecule has 154 valence electrons. The lowest BCUT2D eigenvalue weighted by Gasteiger charge is -2.30. The fourth-order valence-electron chi connectivity index (χ4n) is 3.27. The normalized spacial score (nSPS) is 14.9. The lowest BCUT2D eigenvalue weighted by molar-refractivity contribution is -0.120. The number of carbonyl (C=O) groups excluding carboxylic acids is 2. The SMILES string of the molecule is CC(=O)NC(CC(=O)Nc1cc(Cl)ccc1N1CCOCC1)c1ccc(Cl)cc1. The molecule has 0 radical (unpaired) electrons. The molecule has 8 heteroatoms. The second-order valence-corrected chi connectivity index (χ2v) is 7.69. The molecule has 2 amide bonds. The molecule has 0 saturated carbocycles. The van der Waals surface area contributed by atoms with Crippen LogP contribution in [0.3, 0.4) is 0 Å². The van der Waals surface area contributed by atoms with Crippen molar-refractivity contribution in [1.82, 2.24) is 5.32 Å². The quantitative estimate of drug-likeness (QED) is 0.717. The molecule has 1 heterocycles. The maximum atomic E-state index is 12.8. The van der Waals surface area contributed by atoms with Gasteiger partial charge in [-0.1, -0.05) is 35.3 Å². The molecule has 29 heavy (non-hydrogen) atoms. The second kappa shape index (κ2) is 9.96. The number of amides is 2. The summed E-state index contributed by atoms with van der Waals surface area (Å²) in [6, 6.07) is 12.0. The van der Waals surface area contributed by atoms with Gasteiger partial charge in [0.2, 0.25) is 11.8 Å². The molecule has 1 aliphatic rings. The number of halogens is 2. The molecule has 1 fully saturated rings. The topological polar surface area (TPSA) is 70.7 Å². The minimum atomic E-state index is -0.462. The maximum absolute atomic E-state index is 12.8. The number of morpholine rings is 1. The molecule has 1 aliphatic heterocycles. The average Bonchev–Trinajstić information content (AvgIpc) is 2.68. The van der Waals surface area contributed by atoms with Crippen LogP contribution in [0.1, 0.15) is 24.9 Å². The first-order chi connectivity index (χ1) is 13.9. The fourth-order valence-corrected chi connectivity index (χ4v) is 3.57. The first-order valence-electron chi connectivity index (χ1n) is 9.37. The molecule has 3 rings (SSSR count). The molecule has 2 N–H and O–H groups in total. The van der Waals surface area contributed by atoms with Crippen molar-refractivity contribution < 1.29 is 14.3 Å². The number of rotatable bonds is 6. The van der Waals surface area contributed by atoms with Crippen LogP contribution in [0.5, 0.6) is 0 Å². The minimum Gasteiger partial charge on any atom is -0.378 e. The standard InChI is InChI=1S/C21H23Cl2N3O3/c1-14(27)24-18(15-2-4-16(22)5-3-15)13-21(28)25-19-12-17(23)6-7-20(19)26-8-10-29-11-9-26/h2-7,12,18H,8-11,13H2,1H3,(H,24,27)(H,25,28). The van der Waals surface area contributed by atoms with Crippen LogP contribution in [0.2, 0.25) is 10.0 Å². The van der Waals surface area contributed by atoms with Crippen LogP contribution < -0.4 is 15.5 Å². The smallest absolute Gasteiger partial charge is 0.226 e. The van der Waals surface area contributed by atoms with Gasteiger partial charge in [0.15, 0.2) is 0 Å². The monoisotopic (exact) mass is 435 g/mol. The van der Waals surface area contributed by atoms with Gasteiger partial charge in [-0.3, -0.25) is 9.59 Å². The highest BCUT2D eigenvalue weighted by atomic mass is 35.5. The Labute approximate surface area is 180 Å². The maximum Gasteiger partial charge on any atom is 0.226 e. The number of anilines is 2. The molecule has 1 unspecified atom stereocenters. The van der Waals surface area contributed by atoms with Crippen molar-refractivity contribution >= 4 is 46.4 Å². The van der Waals surface area contributed by atoms with Gasteiger partial charge < -0.3 is 20.3 Å². The summed E-state index contributed by atoms with van der Waals surface area (Å²) in [4.78, 5) is 26.6. The van der Waals surface area contributed by atoms with Crippen LogP contribution in [0.4, 0.5) is 11.4 Å². The first-order valence-corrected chi connectivity index (χ1v) is 10.1. The average molecular weight is 436 g/mol. The number of hydrogen-bond acceptors (Lipinski definition) is 4. The number of benzene rings is 2. The van der Waals surface area contributed by atoms with Crippen LogP contribution in [-0.2, 0) is 14.3 Å². The Balaban J connectivity index is 1.76. The number of ether oxygens (including phenoxy) is 1. The van der Waals surface area contributed by atoms with Crippen molar-refractivity contribution in [2.75, 3.05) is 36.5 Å². The highest BCUT2D eigenvalue weighted by molar-refractivity contribution is 6.31. The van der Waals surface area contributed by atoms with Gasteiger partial charge in [0.25, 0.3) is 0 Å². The molecule has 0 aromatic heterocycles. The number of nitrogens with one attached hydrogen (secondary N) is 2. The van der Waals surface area contributed by atoms with E-state index in [9.17, 15) is 9.59 Å². The van der Waals surface area contributed by atoms with Crippen molar-refractivity contribution in [3.05, 3.63) is 58.1 Å². The van der Waals surface area contributed by atoms with Crippen LogP contribution in [-0.4, -0.2) is 38.1 Å². The predicted octanol–water partition coefficient (Wildman–Crippen LogP) is 4.04. The number of nitrogens with zero attached hydrogens (tertiary/aromatic N) is 1. The van der Waals surface area contributed by atoms with Crippen molar-refractivity contribution in [1.29, 1.82) is 0 Å². The molecule has 0 aliphatic carbocycles. The lowest BCUT2D eigenvalue weighted by Crippen LogP contribution is -2.37. The second-order valence-electron chi connectivity index (χ2n) is 6.82. The van der Waals surface area contributed by atoms with E-state index in [0.717, 1.165) is 24.3 Å². The zero-order valence-corrected chi connectivity index (χ0v) is 17.6. The van der Waals surface area contributed by atoms with E-state index in [1.165, 1.54) is 6.92 Å². The van der Waals surface area contributed by atoms with Crippen LogP contribution >= 0.6 is 23.2 Å². The molecule has 0 bridgehead atoms. The van der Waals surface area contributed by atoms with Crippen LogP contribution in [0.25, 0.3) is 0 Å². The summed E-state index contributed by atoms with van der Waals surface area (Å²) >= 11 is 12.1. The third-order valence-corrected chi connectivity index (χ3v) is 5.11. The van der Waals surface area contributed by atoms with Gasteiger partial charge in [-0.2, -0.15) is 0 Å². The van der Waals surface area contributed by atoms with E-state index in [1.807, 2.05) is 6.07 Å². The van der Waals surface area contributed by atoms with Gasteiger partial charge in [-0.05, 0) is 35.9 Å².